The summed E-state index contributed by atoms with van der Waals surface area (Å²) in [5.74, 6) is 1.91. The van der Waals surface area contributed by atoms with E-state index in [-0.39, 0.29) is 0 Å². The molecule has 0 fully saturated rings. The predicted octanol–water partition coefficient (Wildman–Crippen LogP) is 2.62. The van der Waals surface area contributed by atoms with Crippen molar-refractivity contribution >= 4 is 5.82 Å². The molecular formula is C17H16N6O. The third-order valence-electron chi connectivity index (χ3n) is 3.48. The van der Waals surface area contributed by atoms with Crippen molar-refractivity contribution in [2.75, 3.05) is 11.9 Å². The maximum Gasteiger partial charge on any atom is 0.257 e. The first kappa shape index (κ1) is 15.6. The van der Waals surface area contributed by atoms with Gasteiger partial charge in [-0.2, -0.15) is 10.2 Å². The lowest BCUT2D eigenvalue weighted by atomic mass is 10.1. The van der Waals surface area contributed by atoms with Crippen LogP contribution in [0.5, 0.6) is 0 Å². The smallest absolute Gasteiger partial charge is 0.257 e. The summed E-state index contributed by atoms with van der Waals surface area (Å²) >= 11 is 0. The molecule has 0 amide bonds. The topological polar surface area (TPSA) is 101 Å². The van der Waals surface area contributed by atoms with E-state index in [0.29, 0.717) is 23.2 Å². The number of hydrogen-bond acceptors (Lipinski definition) is 7. The molecular weight excluding hydrogens is 304 g/mol. The number of aryl methyl sites for hydroxylation is 1. The molecule has 0 bridgehead atoms. The number of aromatic nitrogens is 4. The van der Waals surface area contributed by atoms with E-state index in [9.17, 15) is 0 Å². The van der Waals surface area contributed by atoms with Crippen LogP contribution in [-0.4, -0.2) is 26.9 Å². The van der Waals surface area contributed by atoms with Crippen LogP contribution in [0.4, 0.5) is 5.82 Å². The highest BCUT2D eigenvalue weighted by atomic mass is 16.5. The minimum absolute atomic E-state index is 0.309. The van der Waals surface area contributed by atoms with E-state index in [2.05, 4.69) is 25.7 Å². The summed E-state index contributed by atoms with van der Waals surface area (Å²) in [6.45, 7) is 2.71. The van der Waals surface area contributed by atoms with Crippen LogP contribution in [0.25, 0.3) is 11.5 Å². The van der Waals surface area contributed by atoms with E-state index in [1.54, 1.807) is 12.1 Å². The Morgan fingerprint density at radius 3 is 2.58 bits per heavy atom. The highest BCUT2D eigenvalue weighted by Crippen LogP contribution is 2.18. The van der Waals surface area contributed by atoms with Crippen molar-refractivity contribution in [2.45, 2.75) is 19.8 Å². The van der Waals surface area contributed by atoms with Crippen molar-refractivity contribution < 1.29 is 4.52 Å². The zero-order valence-electron chi connectivity index (χ0n) is 13.2. The molecule has 0 aliphatic rings. The lowest BCUT2D eigenvalue weighted by Gasteiger charge is -2.05. The van der Waals surface area contributed by atoms with E-state index < -0.39 is 0 Å². The van der Waals surface area contributed by atoms with Crippen molar-refractivity contribution in [2.24, 2.45) is 0 Å². The fourth-order valence-electron chi connectivity index (χ4n) is 2.15. The molecule has 3 rings (SSSR count). The van der Waals surface area contributed by atoms with Gasteiger partial charge in [-0.1, -0.05) is 24.2 Å². The summed E-state index contributed by atoms with van der Waals surface area (Å²) < 4.78 is 5.23. The average molecular weight is 320 g/mol. The molecule has 0 aliphatic carbocycles. The van der Waals surface area contributed by atoms with Gasteiger partial charge in [-0.3, -0.25) is 0 Å². The van der Waals surface area contributed by atoms with Crippen LogP contribution >= 0.6 is 0 Å². The molecule has 2 heterocycles. The fraction of sp³-hybridized carbons (Fsp3) is 0.235. The molecule has 0 aliphatic heterocycles. The number of nitrogens with one attached hydrogen (secondary N) is 1. The molecule has 1 N–H and O–H groups in total. The van der Waals surface area contributed by atoms with Gasteiger partial charge in [0, 0.05) is 18.5 Å². The van der Waals surface area contributed by atoms with Gasteiger partial charge in [0.25, 0.3) is 5.89 Å². The van der Waals surface area contributed by atoms with Gasteiger partial charge in [0.1, 0.15) is 11.9 Å². The summed E-state index contributed by atoms with van der Waals surface area (Å²) in [5, 5.41) is 23.5. The first-order valence-corrected chi connectivity index (χ1v) is 7.68. The van der Waals surface area contributed by atoms with Crippen LogP contribution in [0.1, 0.15) is 24.0 Å². The second-order valence-corrected chi connectivity index (χ2v) is 5.16. The molecule has 0 spiro atoms. The lowest BCUT2D eigenvalue weighted by Crippen LogP contribution is -2.07. The second kappa shape index (κ2) is 7.33. The maximum absolute atomic E-state index is 8.69. The van der Waals surface area contributed by atoms with Gasteiger partial charge in [-0.05, 0) is 36.2 Å². The van der Waals surface area contributed by atoms with Crippen molar-refractivity contribution in [3.63, 3.8) is 0 Å². The Kier molecular flexibility index (Phi) is 4.77. The first-order valence-electron chi connectivity index (χ1n) is 7.68. The summed E-state index contributed by atoms with van der Waals surface area (Å²) in [5.41, 5.74) is 2.41. The summed E-state index contributed by atoms with van der Waals surface area (Å²) in [4.78, 5) is 4.32. The normalized spacial score (nSPS) is 10.3. The zero-order valence-corrected chi connectivity index (χ0v) is 13.2. The molecule has 2 aromatic heterocycles. The molecule has 1 aromatic carbocycles. The van der Waals surface area contributed by atoms with Crippen LogP contribution in [-0.2, 0) is 12.8 Å². The largest absolute Gasteiger partial charge is 0.368 e. The minimum atomic E-state index is 0.309. The molecule has 120 valence electrons. The fourth-order valence-corrected chi connectivity index (χ4v) is 2.15. The van der Waals surface area contributed by atoms with E-state index in [0.717, 1.165) is 24.9 Å². The Hall–Kier alpha value is -3.27. The number of benzene rings is 1. The maximum atomic E-state index is 8.69. The van der Waals surface area contributed by atoms with Gasteiger partial charge in [-0.15, -0.1) is 10.2 Å². The quantitative estimate of drug-likeness (QED) is 0.745. The zero-order chi connectivity index (χ0) is 16.8. The Bertz CT molecular complexity index is 833. The molecule has 24 heavy (non-hydrogen) atoms. The van der Waals surface area contributed by atoms with Crippen molar-refractivity contribution in [3.8, 4) is 17.5 Å². The van der Waals surface area contributed by atoms with Crippen molar-refractivity contribution in [3.05, 3.63) is 53.5 Å². The standard InChI is InChI=1S/C17H16N6O/c1-2-15-20-17(24-23-15)13-5-3-12(4-6-13)9-10-19-16-8-7-14(11-18)21-22-16/h3-8H,2,9-10H2,1H3,(H,19,22). The monoisotopic (exact) mass is 320 g/mol. The molecule has 7 heteroatoms. The van der Waals surface area contributed by atoms with Gasteiger partial charge >= 0.3 is 0 Å². The van der Waals surface area contributed by atoms with Gasteiger partial charge in [0.15, 0.2) is 11.5 Å². The third-order valence-corrected chi connectivity index (χ3v) is 3.48. The van der Waals surface area contributed by atoms with E-state index in [1.807, 2.05) is 37.3 Å². The Labute approximate surface area is 139 Å². The summed E-state index contributed by atoms with van der Waals surface area (Å²) in [6.07, 6.45) is 1.59. The SMILES string of the molecule is CCc1noc(-c2ccc(CCNc3ccc(C#N)nn3)cc2)n1. The van der Waals surface area contributed by atoms with Crippen LogP contribution in [0, 0.1) is 11.3 Å². The van der Waals surface area contributed by atoms with E-state index >= 15 is 0 Å². The molecule has 0 saturated carbocycles. The summed E-state index contributed by atoms with van der Waals surface area (Å²) in [7, 11) is 0. The summed E-state index contributed by atoms with van der Waals surface area (Å²) in [6, 6.07) is 13.4. The van der Waals surface area contributed by atoms with Crippen molar-refractivity contribution in [1.29, 1.82) is 5.26 Å². The molecule has 0 radical (unpaired) electrons. The molecule has 0 saturated heterocycles. The molecule has 0 unspecified atom stereocenters. The second-order valence-electron chi connectivity index (χ2n) is 5.16. The van der Waals surface area contributed by atoms with Crippen LogP contribution in [0.3, 0.4) is 0 Å². The number of rotatable bonds is 6. The van der Waals surface area contributed by atoms with Crippen LogP contribution in [0.2, 0.25) is 0 Å². The van der Waals surface area contributed by atoms with E-state index in [4.69, 9.17) is 9.78 Å². The Morgan fingerprint density at radius 2 is 1.96 bits per heavy atom. The predicted molar refractivity (Wildman–Crippen MR) is 88.1 cm³/mol. The van der Waals surface area contributed by atoms with Crippen molar-refractivity contribution in [1.82, 2.24) is 20.3 Å². The van der Waals surface area contributed by atoms with Gasteiger partial charge in [-0.25, -0.2) is 0 Å². The highest BCUT2D eigenvalue weighted by Gasteiger charge is 2.07. The minimum Gasteiger partial charge on any atom is -0.368 e. The highest BCUT2D eigenvalue weighted by molar-refractivity contribution is 5.53. The van der Waals surface area contributed by atoms with Gasteiger partial charge in [0.2, 0.25) is 0 Å². The number of anilines is 1. The third kappa shape index (κ3) is 3.73. The average Bonchev–Trinajstić information content (AvgIpc) is 3.12. The van der Waals surface area contributed by atoms with Crippen LogP contribution in [0.15, 0.2) is 40.9 Å². The number of hydrogen-bond donors (Lipinski definition) is 1. The molecule has 7 nitrogen and oxygen atoms in total. The molecule has 3 aromatic rings. The Morgan fingerprint density at radius 1 is 1.12 bits per heavy atom. The first-order chi connectivity index (χ1) is 11.8. The number of nitriles is 1. The number of nitrogens with zero attached hydrogens (tertiary/aromatic N) is 5. The van der Waals surface area contributed by atoms with Gasteiger partial charge in [0.05, 0.1) is 0 Å². The van der Waals surface area contributed by atoms with Crippen LogP contribution < -0.4 is 5.32 Å². The van der Waals surface area contributed by atoms with Gasteiger partial charge < -0.3 is 9.84 Å². The van der Waals surface area contributed by atoms with E-state index in [1.165, 1.54) is 5.56 Å². The lowest BCUT2D eigenvalue weighted by molar-refractivity contribution is 0.423. The Balaban J connectivity index is 1.55. The molecule has 0 atom stereocenters.